The number of hydrogen-bond donors (Lipinski definition) is 0. The third-order valence-corrected chi connectivity index (χ3v) is 3.90. The first-order valence-corrected chi connectivity index (χ1v) is 8.08. The zero-order valence-electron chi connectivity index (χ0n) is 13.3. The van der Waals surface area contributed by atoms with Gasteiger partial charge in [-0.3, -0.25) is 0 Å². The predicted octanol–water partition coefficient (Wildman–Crippen LogP) is 4.85. The molecule has 0 amide bonds. The fourth-order valence-corrected chi connectivity index (χ4v) is 2.78. The van der Waals surface area contributed by atoms with Crippen LogP contribution < -0.4 is 4.74 Å². The second kappa shape index (κ2) is 9.25. The Morgan fingerprint density at radius 2 is 1.60 bits per heavy atom. The zero-order chi connectivity index (χ0) is 15.0. The Morgan fingerprint density at radius 1 is 1.00 bits per heavy atom. The molecule has 0 fully saturated rings. The number of unbranched alkanes of at least 4 members (excludes halogenated alkanes) is 2. The van der Waals surface area contributed by atoms with E-state index in [1.807, 2.05) is 12.1 Å². The van der Waals surface area contributed by atoms with Crippen molar-refractivity contribution in [2.24, 2.45) is 0 Å². The molecule has 3 heteroatoms. The van der Waals surface area contributed by atoms with Crippen molar-refractivity contribution in [2.45, 2.75) is 47.0 Å². The highest BCUT2D eigenvalue weighted by Crippen LogP contribution is 2.27. The largest absolute Gasteiger partial charge is 0.493 e. The van der Waals surface area contributed by atoms with Crippen molar-refractivity contribution < 1.29 is 4.74 Å². The van der Waals surface area contributed by atoms with Crippen molar-refractivity contribution in [1.82, 2.24) is 4.90 Å². The minimum atomic E-state index is 0.784. The minimum Gasteiger partial charge on any atom is -0.493 e. The number of ether oxygens (including phenoxy) is 1. The van der Waals surface area contributed by atoms with Gasteiger partial charge >= 0.3 is 0 Å². The normalized spacial score (nSPS) is 11.1. The number of hydrogen-bond acceptors (Lipinski definition) is 2. The van der Waals surface area contributed by atoms with Crippen molar-refractivity contribution in [3.05, 3.63) is 28.3 Å². The van der Waals surface area contributed by atoms with E-state index in [1.54, 1.807) is 0 Å². The van der Waals surface area contributed by atoms with Gasteiger partial charge in [0.2, 0.25) is 0 Å². The average Bonchev–Trinajstić information content (AvgIpc) is 2.40. The summed E-state index contributed by atoms with van der Waals surface area (Å²) < 4.78 is 5.91. The highest BCUT2D eigenvalue weighted by Gasteiger charge is 2.05. The van der Waals surface area contributed by atoms with Crippen LogP contribution in [-0.2, 0) is 0 Å². The maximum atomic E-state index is 6.02. The Kier molecular flexibility index (Phi) is 8.01. The molecule has 2 nitrogen and oxygen atoms in total. The number of aryl methyl sites for hydroxylation is 2. The molecule has 0 atom stereocenters. The van der Waals surface area contributed by atoms with Crippen molar-refractivity contribution in [3.8, 4) is 5.75 Å². The van der Waals surface area contributed by atoms with E-state index in [9.17, 15) is 0 Å². The first-order valence-electron chi connectivity index (χ1n) is 7.70. The van der Waals surface area contributed by atoms with Gasteiger partial charge in [-0.2, -0.15) is 0 Å². The molecule has 0 aliphatic rings. The predicted molar refractivity (Wildman–Crippen MR) is 88.1 cm³/mol. The fourth-order valence-electron chi connectivity index (χ4n) is 2.45. The van der Waals surface area contributed by atoms with E-state index in [0.29, 0.717) is 0 Å². The van der Waals surface area contributed by atoms with Gasteiger partial charge in [0.25, 0.3) is 0 Å². The van der Waals surface area contributed by atoms with Gasteiger partial charge in [-0.15, -0.1) is 0 Å². The highest BCUT2D eigenvalue weighted by molar-refractivity contribution is 6.30. The lowest BCUT2D eigenvalue weighted by atomic mass is 10.1. The van der Waals surface area contributed by atoms with Crippen LogP contribution >= 0.6 is 11.6 Å². The van der Waals surface area contributed by atoms with Crippen LogP contribution in [0, 0.1) is 13.8 Å². The summed E-state index contributed by atoms with van der Waals surface area (Å²) in [7, 11) is 0. The van der Waals surface area contributed by atoms with Crippen molar-refractivity contribution in [3.63, 3.8) is 0 Å². The first kappa shape index (κ1) is 17.3. The van der Waals surface area contributed by atoms with E-state index < -0.39 is 0 Å². The van der Waals surface area contributed by atoms with Crippen molar-refractivity contribution in [2.75, 3.05) is 26.2 Å². The van der Waals surface area contributed by atoms with E-state index in [-0.39, 0.29) is 0 Å². The molecular weight excluding hydrogens is 270 g/mol. The lowest BCUT2D eigenvalue weighted by molar-refractivity contribution is 0.276. The monoisotopic (exact) mass is 297 g/mol. The third-order valence-electron chi connectivity index (χ3n) is 3.68. The second-order valence-electron chi connectivity index (χ2n) is 5.30. The van der Waals surface area contributed by atoms with Crippen molar-refractivity contribution >= 4 is 11.6 Å². The molecule has 0 aromatic heterocycles. The molecule has 0 heterocycles. The molecule has 20 heavy (non-hydrogen) atoms. The molecule has 114 valence electrons. The van der Waals surface area contributed by atoms with Gasteiger partial charge in [-0.05, 0) is 76.0 Å². The lowest BCUT2D eigenvalue weighted by Crippen LogP contribution is -2.23. The molecular formula is C17H28ClNO. The molecule has 0 saturated carbocycles. The Hall–Kier alpha value is -0.730. The minimum absolute atomic E-state index is 0.784. The van der Waals surface area contributed by atoms with E-state index >= 15 is 0 Å². The van der Waals surface area contributed by atoms with Gasteiger partial charge in [0.05, 0.1) is 6.61 Å². The van der Waals surface area contributed by atoms with E-state index in [2.05, 4.69) is 32.6 Å². The topological polar surface area (TPSA) is 12.5 Å². The number of halogens is 1. The Morgan fingerprint density at radius 3 is 2.15 bits per heavy atom. The number of rotatable bonds is 9. The maximum absolute atomic E-state index is 6.02. The summed E-state index contributed by atoms with van der Waals surface area (Å²) in [6.45, 7) is 12.8. The quantitative estimate of drug-likeness (QED) is 0.604. The van der Waals surface area contributed by atoms with Crippen LogP contribution in [0.15, 0.2) is 12.1 Å². The van der Waals surface area contributed by atoms with Crippen LogP contribution in [0.25, 0.3) is 0 Å². The van der Waals surface area contributed by atoms with E-state index in [4.69, 9.17) is 16.3 Å². The first-order chi connectivity index (χ1) is 9.58. The molecule has 0 N–H and O–H groups in total. The average molecular weight is 298 g/mol. The summed E-state index contributed by atoms with van der Waals surface area (Å²) in [4.78, 5) is 2.47. The maximum Gasteiger partial charge on any atom is 0.125 e. The molecule has 0 saturated heterocycles. The van der Waals surface area contributed by atoms with Gasteiger partial charge in [0.1, 0.15) is 5.75 Å². The van der Waals surface area contributed by atoms with Crippen LogP contribution in [0.2, 0.25) is 5.02 Å². The van der Waals surface area contributed by atoms with Gasteiger partial charge in [0.15, 0.2) is 0 Å². The second-order valence-corrected chi connectivity index (χ2v) is 5.74. The van der Waals surface area contributed by atoms with Crippen LogP contribution in [0.3, 0.4) is 0 Å². The summed E-state index contributed by atoms with van der Waals surface area (Å²) in [5.41, 5.74) is 2.25. The van der Waals surface area contributed by atoms with Crippen LogP contribution in [0.5, 0.6) is 5.75 Å². The molecule has 0 aliphatic carbocycles. The Labute approximate surface area is 129 Å². The smallest absolute Gasteiger partial charge is 0.125 e. The molecule has 0 spiro atoms. The van der Waals surface area contributed by atoms with E-state index in [1.165, 1.54) is 19.4 Å². The van der Waals surface area contributed by atoms with Crippen molar-refractivity contribution in [1.29, 1.82) is 0 Å². The zero-order valence-corrected chi connectivity index (χ0v) is 14.1. The standard InChI is InChI=1S/C17H28ClNO/c1-5-19(6-2)10-8-7-9-11-20-17-14(3)12-16(18)13-15(17)4/h12-13H,5-11H2,1-4H3. The molecule has 0 unspecified atom stereocenters. The van der Waals surface area contributed by atoms with Gasteiger partial charge < -0.3 is 9.64 Å². The summed E-state index contributed by atoms with van der Waals surface area (Å²) in [5, 5.41) is 0.784. The molecule has 0 radical (unpaired) electrons. The Bertz CT molecular complexity index is 379. The molecule has 0 bridgehead atoms. The summed E-state index contributed by atoms with van der Waals surface area (Å²) in [5.74, 6) is 0.998. The highest BCUT2D eigenvalue weighted by atomic mass is 35.5. The molecule has 1 aromatic carbocycles. The van der Waals surface area contributed by atoms with Gasteiger partial charge in [-0.1, -0.05) is 25.4 Å². The molecule has 1 rings (SSSR count). The SMILES string of the molecule is CCN(CC)CCCCCOc1c(C)cc(Cl)cc1C. The fraction of sp³-hybridized carbons (Fsp3) is 0.647. The summed E-state index contributed by atoms with van der Waals surface area (Å²) in [6, 6.07) is 3.93. The van der Waals surface area contributed by atoms with Crippen LogP contribution in [-0.4, -0.2) is 31.1 Å². The molecule has 1 aromatic rings. The third kappa shape index (κ3) is 5.72. The molecule has 0 aliphatic heterocycles. The summed E-state index contributed by atoms with van der Waals surface area (Å²) in [6.07, 6.45) is 3.59. The van der Waals surface area contributed by atoms with Gasteiger partial charge in [-0.25, -0.2) is 0 Å². The lowest BCUT2D eigenvalue weighted by Gasteiger charge is -2.17. The number of nitrogens with zero attached hydrogens (tertiary/aromatic N) is 1. The van der Waals surface area contributed by atoms with Gasteiger partial charge in [0, 0.05) is 5.02 Å². The van der Waals surface area contributed by atoms with E-state index in [0.717, 1.165) is 48.0 Å². The summed E-state index contributed by atoms with van der Waals surface area (Å²) >= 11 is 6.02. The van der Waals surface area contributed by atoms with Crippen LogP contribution in [0.4, 0.5) is 0 Å². The van der Waals surface area contributed by atoms with Crippen LogP contribution in [0.1, 0.15) is 44.2 Å². The number of benzene rings is 1. The Balaban J connectivity index is 2.25.